The minimum atomic E-state index is -0.108. The molecule has 0 spiro atoms. The van der Waals surface area contributed by atoms with Crippen LogP contribution in [0.15, 0.2) is 59.2 Å². The summed E-state index contributed by atoms with van der Waals surface area (Å²) in [5, 5.41) is 3.82. The van der Waals surface area contributed by atoms with E-state index in [-0.39, 0.29) is 5.91 Å². The number of nitrogens with one attached hydrogen (secondary N) is 2. The average molecular weight is 315 g/mol. The summed E-state index contributed by atoms with van der Waals surface area (Å²) in [5.41, 5.74) is 2.40. The van der Waals surface area contributed by atoms with Crippen molar-refractivity contribution in [3.05, 3.63) is 64.8 Å². The van der Waals surface area contributed by atoms with Gasteiger partial charge in [-0.15, -0.1) is 0 Å². The summed E-state index contributed by atoms with van der Waals surface area (Å²) in [6.45, 7) is 0. The Bertz CT molecular complexity index is 748. The van der Waals surface area contributed by atoms with Crippen LogP contribution < -0.4 is 5.32 Å². The highest BCUT2D eigenvalue weighted by atomic mass is 79.9. The van der Waals surface area contributed by atoms with E-state index in [4.69, 9.17) is 0 Å². The molecule has 3 nitrogen and oxygen atoms in total. The average Bonchev–Trinajstić information content (AvgIpc) is 2.86. The first-order valence-electron chi connectivity index (χ1n) is 5.87. The lowest BCUT2D eigenvalue weighted by Gasteiger charge is -2.06. The van der Waals surface area contributed by atoms with Crippen LogP contribution in [-0.2, 0) is 0 Å². The van der Waals surface area contributed by atoms with Crippen LogP contribution in [0.2, 0.25) is 0 Å². The van der Waals surface area contributed by atoms with Gasteiger partial charge in [0.25, 0.3) is 5.91 Å². The number of amides is 1. The van der Waals surface area contributed by atoms with Gasteiger partial charge in [0.1, 0.15) is 0 Å². The van der Waals surface area contributed by atoms with E-state index in [2.05, 4.69) is 26.2 Å². The molecule has 0 aliphatic carbocycles. The number of carbonyl (C=O) groups is 1. The number of carbonyl (C=O) groups excluding carboxylic acids is 1. The van der Waals surface area contributed by atoms with Crippen LogP contribution in [0.5, 0.6) is 0 Å². The smallest absolute Gasteiger partial charge is 0.256 e. The largest absolute Gasteiger partial charge is 0.361 e. The molecule has 2 aromatic carbocycles. The number of halogens is 1. The first kappa shape index (κ1) is 12.0. The number of rotatable bonds is 2. The van der Waals surface area contributed by atoms with E-state index >= 15 is 0 Å². The molecular formula is C15H11BrN2O. The maximum atomic E-state index is 12.3. The van der Waals surface area contributed by atoms with Gasteiger partial charge in [-0.2, -0.15) is 0 Å². The molecule has 0 saturated heterocycles. The van der Waals surface area contributed by atoms with Crippen LogP contribution in [0.1, 0.15) is 10.4 Å². The maximum Gasteiger partial charge on any atom is 0.256 e. The Balaban J connectivity index is 1.94. The van der Waals surface area contributed by atoms with E-state index in [9.17, 15) is 4.79 Å². The van der Waals surface area contributed by atoms with E-state index < -0.39 is 0 Å². The summed E-state index contributed by atoms with van der Waals surface area (Å²) in [4.78, 5) is 15.4. The van der Waals surface area contributed by atoms with Crippen molar-refractivity contribution in [1.82, 2.24) is 4.98 Å². The number of aromatic nitrogens is 1. The SMILES string of the molecule is O=C(Nc1cccc(Br)c1)c1cccc2[nH]ccc12. The summed E-state index contributed by atoms with van der Waals surface area (Å²) < 4.78 is 0.935. The molecule has 1 amide bonds. The second kappa shape index (κ2) is 4.90. The van der Waals surface area contributed by atoms with Gasteiger partial charge in [-0.3, -0.25) is 4.79 Å². The van der Waals surface area contributed by atoms with Gasteiger partial charge in [-0.1, -0.05) is 28.1 Å². The molecule has 1 heterocycles. The lowest BCUT2D eigenvalue weighted by Crippen LogP contribution is -2.12. The molecule has 2 N–H and O–H groups in total. The van der Waals surface area contributed by atoms with E-state index in [1.54, 1.807) is 0 Å². The van der Waals surface area contributed by atoms with Gasteiger partial charge in [-0.25, -0.2) is 0 Å². The fourth-order valence-corrected chi connectivity index (χ4v) is 2.45. The number of aromatic amines is 1. The van der Waals surface area contributed by atoms with Gasteiger partial charge in [0, 0.05) is 32.8 Å². The predicted octanol–water partition coefficient (Wildman–Crippen LogP) is 4.18. The predicted molar refractivity (Wildman–Crippen MR) is 80.4 cm³/mol. The molecule has 0 saturated carbocycles. The van der Waals surface area contributed by atoms with Crippen LogP contribution in [0, 0.1) is 0 Å². The highest BCUT2D eigenvalue weighted by Crippen LogP contribution is 2.20. The van der Waals surface area contributed by atoms with Gasteiger partial charge < -0.3 is 10.3 Å². The van der Waals surface area contributed by atoms with Gasteiger partial charge in [0.05, 0.1) is 0 Å². The van der Waals surface area contributed by atoms with E-state index in [0.717, 1.165) is 21.1 Å². The zero-order chi connectivity index (χ0) is 13.2. The third kappa shape index (κ3) is 2.39. The molecular weight excluding hydrogens is 304 g/mol. The highest BCUT2D eigenvalue weighted by Gasteiger charge is 2.10. The Labute approximate surface area is 118 Å². The quantitative estimate of drug-likeness (QED) is 0.732. The second-order valence-corrected chi connectivity index (χ2v) is 5.12. The number of hydrogen-bond donors (Lipinski definition) is 2. The molecule has 0 radical (unpaired) electrons. The number of fused-ring (bicyclic) bond motifs is 1. The van der Waals surface area contributed by atoms with Crippen LogP contribution in [0.3, 0.4) is 0 Å². The molecule has 0 bridgehead atoms. The molecule has 0 atom stereocenters. The number of H-pyrrole nitrogens is 1. The van der Waals surface area contributed by atoms with E-state index in [0.29, 0.717) is 5.56 Å². The minimum absolute atomic E-state index is 0.108. The summed E-state index contributed by atoms with van der Waals surface area (Å²) in [5.74, 6) is -0.108. The lowest BCUT2D eigenvalue weighted by molar-refractivity contribution is 0.102. The molecule has 3 rings (SSSR count). The Morgan fingerprint density at radius 3 is 2.79 bits per heavy atom. The Kier molecular flexibility index (Phi) is 3.09. The topological polar surface area (TPSA) is 44.9 Å². The van der Waals surface area contributed by atoms with Gasteiger partial charge in [0.2, 0.25) is 0 Å². The lowest BCUT2D eigenvalue weighted by atomic mass is 10.1. The summed E-state index contributed by atoms with van der Waals surface area (Å²) in [6.07, 6.45) is 1.83. The fraction of sp³-hybridized carbons (Fsp3) is 0. The molecule has 3 aromatic rings. The zero-order valence-electron chi connectivity index (χ0n) is 9.98. The van der Waals surface area contributed by atoms with Crippen LogP contribution in [0.25, 0.3) is 10.9 Å². The number of hydrogen-bond acceptors (Lipinski definition) is 1. The molecule has 0 fully saturated rings. The van der Waals surface area contributed by atoms with Gasteiger partial charge in [-0.05, 0) is 36.4 Å². The molecule has 19 heavy (non-hydrogen) atoms. The van der Waals surface area contributed by atoms with Crippen molar-refractivity contribution in [2.75, 3.05) is 5.32 Å². The van der Waals surface area contributed by atoms with Gasteiger partial charge >= 0.3 is 0 Å². The molecule has 1 aromatic heterocycles. The monoisotopic (exact) mass is 314 g/mol. The highest BCUT2D eigenvalue weighted by molar-refractivity contribution is 9.10. The van der Waals surface area contributed by atoms with Crippen molar-refractivity contribution >= 4 is 38.4 Å². The standard InChI is InChI=1S/C15H11BrN2O/c16-10-3-1-4-11(9-10)18-15(19)13-5-2-6-14-12(13)7-8-17-14/h1-9,17H,(H,18,19). The molecule has 0 aliphatic heterocycles. The normalized spacial score (nSPS) is 10.6. The number of benzene rings is 2. The Morgan fingerprint density at radius 1 is 1.11 bits per heavy atom. The molecule has 0 aliphatic rings. The third-order valence-electron chi connectivity index (χ3n) is 2.92. The fourth-order valence-electron chi connectivity index (χ4n) is 2.05. The molecule has 94 valence electrons. The van der Waals surface area contributed by atoms with E-state index in [1.807, 2.05) is 54.7 Å². The van der Waals surface area contributed by atoms with Crippen molar-refractivity contribution in [3.8, 4) is 0 Å². The summed E-state index contributed by atoms with van der Waals surface area (Å²) in [7, 11) is 0. The van der Waals surface area contributed by atoms with E-state index in [1.165, 1.54) is 0 Å². The van der Waals surface area contributed by atoms with Crippen molar-refractivity contribution in [1.29, 1.82) is 0 Å². The molecule has 4 heteroatoms. The van der Waals surface area contributed by atoms with Crippen molar-refractivity contribution in [2.24, 2.45) is 0 Å². The summed E-state index contributed by atoms with van der Waals surface area (Å²) >= 11 is 3.39. The van der Waals surface area contributed by atoms with Crippen molar-refractivity contribution < 1.29 is 4.79 Å². The summed E-state index contributed by atoms with van der Waals surface area (Å²) in [6, 6.07) is 15.1. The Hall–Kier alpha value is -2.07. The second-order valence-electron chi connectivity index (χ2n) is 4.21. The zero-order valence-corrected chi connectivity index (χ0v) is 11.6. The molecule has 0 unspecified atom stereocenters. The number of anilines is 1. The Morgan fingerprint density at radius 2 is 1.95 bits per heavy atom. The first-order valence-corrected chi connectivity index (χ1v) is 6.66. The van der Waals surface area contributed by atoms with Crippen LogP contribution >= 0.6 is 15.9 Å². The first-order chi connectivity index (χ1) is 9.24. The third-order valence-corrected chi connectivity index (χ3v) is 3.42. The van der Waals surface area contributed by atoms with Gasteiger partial charge in [0.15, 0.2) is 0 Å². The minimum Gasteiger partial charge on any atom is -0.361 e. The van der Waals surface area contributed by atoms with Crippen molar-refractivity contribution in [2.45, 2.75) is 0 Å². The van der Waals surface area contributed by atoms with Crippen LogP contribution in [-0.4, -0.2) is 10.9 Å². The maximum absolute atomic E-state index is 12.3. The van der Waals surface area contributed by atoms with Crippen LogP contribution in [0.4, 0.5) is 5.69 Å². The van der Waals surface area contributed by atoms with Crippen molar-refractivity contribution in [3.63, 3.8) is 0 Å².